The predicted molar refractivity (Wildman–Crippen MR) is 327 cm³/mol. The summed E-state index contributed by atoms with van der Waals surface area (Å²) in [4.78, 5) is 9.60. The van der Waals surface area contributed by atoms with Crippen LogP contribution in [0.5, 0.6) is 0 Å². The van der Waals surface area contributed by atoms with Crippen LogP contribution in [0.3, 0.4) is 0 Å². The maximum absolute atomic E-state index is 2.41. The van der Waals surface area contributed by atoms with Gasteiger partial charge in [0.1, 0.15) is 0 Å². The van der Waals surface area contributed by atoms with Crippen LogP contribution in [-0.4, -0.2) is 0 Å². The number of hydrogen-bond acceptors (Lipinski definition) is 4. The highest BCUT2D eigenvalue weighted by atomic mass is 15.2. The van der Waals surface area contributed by atoms with E-state index >= 15 is 0 Å². The molecule has 0 aromatic heterocycles. The van der Waals surface area contributed by atoms with E-state index in [1.807, 2.05) is 0 Å². The van der Waals surface area contributed by atoms with E-state index in [1.165, 1.54) is 67.3 Å². The molecule has 0 spiro atoms. The molecule has 0 amide bonds. The van der Waals surface area contributed by atoms with Crippen molar-refractivity contribution in [3.63, 3.8) is 0 Å². The van der Waals surface area contributed by atoms with Crippen LogP contribution in [-0.2, 0) is 12.8 Å². The molecule has 0 unspecified atom stereocenters. The Bertz CT molecular complexity index is 3780. The summed E-state index contributed by atoms with van der Waals surface area (Å²) >= 11 is 0. The third-order valence-corrected chi connectivity index (χ3v) is 15.4. The molecule has 14 rings (SSSR count). The van der Waals surface area contributed by atoms with E-state index in [0.29, 0.717) is 0 Å². The zero-order valence-corrected chi connectivity index (χ0v) is 43.1. The minimum Gasteiger partial charge on any atom is -0.310 e. The first-order valence-electron chi connectivity index (χ1n) is 26.9. The number of nitrogens with zero attached hydrogens (tertiary/aromatic N) is 4. The molecular weight excluding hydrogens is 945 g/mol. The van der Waals surface area contributed by atoms with Gasteiger partial charge in [-0.15, -0.1) is 0 Å². The van der Waals surface area contributed by atoms with Gasteiger partial charge in [-0.1, -0.05) is 182 Å². The number of fused-ring (bicyclic) bond motifs is 4. The van der Waals surface area contributed by atoms with Gasteiger partial charge in [0.15, 0.2) is 0 Å². The maximum Gasteiger partial charge on any atom is 0.0498 e. The van der Waals surface area contributed by atoms with Gasteiger partial charge in [-0.05, 0) is 177 Å². The normalized spacial score (nSPS) is 12.2. The Labute approximate surface area is 457 Å². The molecule has 12 aromatic carbocycles. The number of anilines is 12. The molecule has 0 aliphatic carbocycles. The molecule has 2 aliphatic heterocycles. The Morgan fingerprint density at radius 1 is 0.205 bits per heavy atom. The second-order valence-corrected chi connectivity index (χ2v) is 20.2. The first-order valence-corrected chi connectivity index (χ1v) is 26.9. The Morgan fingerprint density at radius 2 is 0.462 bits per heavy atom. The summed E-state index contributed by atoms with van der Waals surface area (Å²) in [5.41, 5.74) is 26.0. The van der Waals surface area contributed by atoms with Gasteiger partial charge < -0.3 is 19.6 Å². The highest BCUT2D eigenvalue weighted by molar-refractivity contribution is 5.90. The minimum atomic E-state index is 0.850. The molecule has 0 saturated heterocycles. The molecule has 370 valence electrons. The lowest BCUT2D eigenvalue weighted by Crippen LogP contribution is -2.19. The van der Waals surface area contributed by atoms with Crippen LogP contribution in [0.2, 0.25) is 0 Å². The third kappa shape index (κ3) is 8.75. The molecule has 12 aromatic rings. The van der Waals surface area contributed by atoms with Crippen LogP contribution in [0, 0.1) is 0 Å². The smallest absolute Gasteiger partial charge is 0.0498 e. The third-order valence-electron chi connectivity index (χ3n) is 15.4. The fourth-order valence-corrected chi connectivity index (χ4v) is 11.6. The molecule has 0 fully saturated rings. The lowest BCUT2D eigenvalue weighted by Gasteiger charge is -2.35. The molecule has 4 heteroatoms. The molecule has 78 heavy (non-hydrogen) atoms. The van der Waals surface area contributed by atoms with Gasteiger partial charge in [-0.25, -0.2) is 0 Å². The fraction of sp³-hybridized carbons (Fsp3) is 0.0270. The van der Waals surface area contributed by atoms with Gasteiger partial charge in [0.2, 0.25) is 0 Å². The van der Waals surface area contributed by atoms with E-state index in [-0.39, 0.29) is 0 Å². The highest BCUT2D eigenvalue weighted by Gasteiger charge is 2.27. The zero-order chi connectivity index (χ0) is 51.8. The van der Waals surface area contributed by atoms with E-state index in [9.17, 15) is 0 Å². The van der Waals surface area contributed by atoms with E-state index in [2.05, 4.69) is 323 Å². The quantitative estimate of drug-likeness (QED) is 0.128. The first-order chi connectivity index (χ1) is 38.7. The van der Waals surface area contributed by atoms with Gasteiger partial charge in [0.05, 0.1) is 0 Å². The summed E-state index contributed by atoms with van der Waals surface area (Å²) in [6.07, 6.45) is 1.70. The monoisotopic (exact) mass is 998 g/mol. The standard InChI is InChI=1S/C74H54N4/c1-5-17-53(18-6-1)55-29-37-65(38-30-55)75(69-45-47-73-61(51-69)49-59-21-13-15-27-71(59)77(73)63-23-9-3-10-24-63)67-41-33-57(34-42-67)58-35-43-68(44-36-58)76(66-39-31-56(32-40-66)54-19-7-2-8-20-54)70-46-48-74-62(52-70)50-60-22-14-16-28-72(60)78(74)64-25-11-4-12-26-64/h1-48,51-52H,49-50H2. The molecule has 0 radical (unpaired) electrons. The molecule has 0 bridgehead atoms. The Morgan fingerprint density at radius 3 is 0.795 bits per heavy atom. The van der Waals surface area contributed by atoms with Crippen molar-refractivity contribution in [3.05, 3.63) is 326 Å². The Kier molecular flexibility index (Phi) is 12.0. The number of para-hydroxylation sites is 4. The van der Waals surface area contributed by atoms with E-state index < -0.39 is 0 Å². The molecule has 0 atom stereocenters. The van der Waals surface area contributed by atoms with Crippen molar-refractivity contribution < 1.29 is 0 Å². The fourth-order valence-electron chi connectivity index (χ4n) is 11.6. The van der Waals surface area contributed by atoms with Crippen molar-refractivity contribution in [3.8, 4) is 33.4 Å². The molecule has 2 heterocycles. The van der Waals surface area contributed by atoms with E-state index in [1.54, 1.807) is 0 Å². The summed E-state index contributed by atoms with van der Waals surface area (Å²) in [6.45, 7) is 0. The van der Waals surface area contributed by atoms with Gasteiger partial charge in [0.25, 0.3) is 0 Å². The summed E-state index contributed by atoms with van der Waals surface area (Å²) in [5.74, 6) is 0. The van der Waals surface area contributed by atoms with Crippen molar-refractivity contribution in [2.24, 2.45) is 0 Å². The predicted octanol–water partition coefficient (Wildman–Crippen LogP) is 20.4. The summed E-state index contributed by atoms with van der Waals surface area (Å²) in [6, 6.07) is 110. The van der Waals surface area contributed by atoms with Crippen molar-refractivity contribution in [2.45, 2.75) is 12.8 Å². The van der Waals surface area contributed by atoms with Crippen LogP contribution in [0.4, 0.5) is 68.2 Å². The molecule has 0 saturated carbocycles. The van der Waals surface area contributed by atoms with E-state index in [4.69, 9.17) is 0 Å². The van der Waals surface area contributed by atoms with Crippen molar-refractivity contribution in [1.29, 1.82) is 0 Å². The first kappa shape index (κ1) is 46.4. The average Bonchev–Trinajstić information content (AvgIpc) is 3.58. The summed E-state index contributed by atoms with van der Waals surface area (Å²) in [5, 5.41) is 0. The van der Waals surface area contributed by atoms with Gasteiger partial charge in [0, 0.05) is 81.1 Å². The topological polar surface area (TPSA) is 13.0 Å². The summed E-state index contributed by atoms with van der Waals surface area (Å²) in [7, 11) is 0. The van der Waals surface area contributed by atoms with Crippen molar-refractivity contribution in [2.75, 3.05) is 19.6 Å². The van der Waals surface area contributed by atoms with Crippen LogP contribution in [0.25, 0.3) is 33.4 Å². The van der Waals surface area contributed by atoms with Gasteiger partial charge in [-0.3, -0.25) is 0 Å². The second kappa shape index (κ2) is 20.2. The molecule has 0 N–H and O–H groups in total. The number of hydrogen-bond donors (Lipinski definition) is 0. The van der Waals surface area contributed by atoms with Crippen molar-refractivity contribution >= 4 is 68.2 Å². The second-order valence-electron chi connectivity index (χ2n) is 20.2. The molecule has 4 nitrogen and oxygen atoms in total. The lowest BCUT2D eigenvalue weighted by molar-refractivity contribution is 1.08. The minimum absolute atomic E-state index is 0.850. The van der Waals surface area contributed by atoms with Crippen LogP contribution < -0.4 is 19.6 Å². The Hall–Kier alpha value is -10.2. The lowest BCUT2D eigenvalue weighted by atomic mass is 9.94. The largest absolute Gasteiger partial charge is 0.310 e. The Balaban J connectivity index is 0.816. The van der Waals surface area contributed by atoms with Gasteiger partial charge >= 0.3 is 0 Å². The number of benzene rings is 12. The molecule has 2 aliphatic rings. The van der Waals surface area contributed by atoms with Crippen LogP contribution in [0.1, 0.15) is 22.3 Å². The summed E-state index contributed by atoms with van der Waals surface area (Å²) < 4.78 is 0. The zero-order valence-electron chi connectivity index (χ0n) is 43.1. The number of rotatable bonds is 11. The van der Waals surface area contributed by atoms with Crippen LogP contribution in [0.15, 0.2) is 303 Å². The SMILES string of the molecule is c1ccc(-c2ccc(N(c3ccc(-c4ccc(N(c5ccc(-c6ccccc6)cc5)c5ccc6c(c5)Cc5ccccc5N6c5ccccc5)cc4)cc3)c3ccc4c(c3)Cc3ccccc3N4c3ccccc3)cc2)cc1. The maximum atomic E-state index is 2.41. The van der Waals surface area contributed by atoms with Gasteiger partial charge in [-0.2, -0.15) is 0 Å². The highest BCUT2D eigenvalue weighted by Crippen LogP contribution is 2.49. The van der Waals surface area contributed by atoms with E-state index in [0.717, 1.165) is 69.5 Å². The van der Waals surface area contributed by atoms with Crippen molar-refractivity contribution in [1.82, 2.24) is 0 Å². The molecular formula is C74H54N4. The van der Waals surface area contributed by atoms with Crippen LogP contribution >= 0.6 is 0 Å². The average molecular weight is 999 g/mol.